The van der Waals surface area contributed by atoms with E-state index in [-0.39, 0.29) is 11.9 Å². The third kappa shape index (κ3) is 6.46. The number of ether oxygens (including phenoxy) is 1. The normalized spacial score (nSPS) is 21.8. The number of aromatic amines is 1. The van der Waals surface area contributed by atoms with Crippen molar-refractivity contribution >= 4 is 17.2 Å². The largest absolute Gasteiger partial charge is 0.464 e. The number of hydrogen-bond acceptors (Lipinski definition) is 6. The van der Waals surface area contributed by atoms with Crippen molar-refractivity contribution in [2.24, 2.45) is 5.92 Å². The lowest BCUT2D eigenvalue weighted by atomic mass is 9.84. The summed E-state index contributed by atoms with van der Waals surface area (Å²) in [6, 6.07) is 2.09. The molecule has 1 aliphatic heterocycles. The topological polar surface area (TPSA) is 83.1 Å². The van der Waals surface area contributed by atoms with E-state index in [1.165, 1.54) is 11.3 Å². The summed E-state index contributed by atoms with van der Waals surface area (Å²) < 4.78 is 29.7. The van der Waals surface area contributed by atoms with Gasteiger partial charge in [-0.15, -0.1) is 0 Å². The second-order valence-corrected chi connectivity index (χ2v) is 9.46. The number of carbonyl (C=O) groups is 1. The summed E-state index contributed by atoms with van der Waals surface area (Å²) in [7, 11) is 0. The Morgan fingerprint density at radius 1 is 1.35 bits per heavy atom. The molecule has 10 heteroatoms. The van der Waals surface area contributed by atoms with Crippen LogP contribution < -0.4 is 10.1 Å². The summed E-state index contributed by atoms with van der Waals surface area (Å²) in [6.07, 6.45) is 5.90. The van der Waals surface area contributed by atoms with E-state index < -0.39 is 13.0 Å². The summed E-state index contributed by atoms with van der Waals surface area (Å²) >= 11 is 1.40. The van der Waals surface area contributed by atoms with Crippen molar-refractivity contribution < 1.29 is 18.3 Å². The Labute approximate surface area is 184 Å². The van der Waals surface area contributed by atoms with Gasteiger partial charge in [-0.1, -0.05) is 11.3 Å². The number of aromatic nitrogens is 3. The molecule has 2 aromatic heterocycles. The van der Waals surface area contributed by atoms with E-state index in [1.807, 2.05) is 6.07 Å². The maximum absolute atomic E-state index is 12.3. The molecule has 0 saturated heterocycles. The highest BCUT2D eigenvalue weighted by molar-refractivity contribution is 7.13. The van der Waals surface area contributed by atoms with Crippen molar-refractivity contribution in [3.05, 3.63) is 28.5 Å². The van der Waals surface area contributed by atoms with Crippen LogP contribution in [-0.2, 0) is 24.2 Å². The molecular weight excluding hydrogens is 424 g/mol. The van der Waals surface area contributed by atoms with E-state index >= 15 is 0 Å². The van der Waals surface area contributed by atoms with E-state index in [0.29, 0.717) is 17.5 Å². The van der Waals surface area contributed by atoms with E-state index in [2.05, 4.69) is 25.4 Å². The molecule has 31 heavy (non-hydrogen) atoms. The molecule has 1 aliphatic carbocycles. The van der Waals surface area contributed by atoms with Gasteiger partial charge in [0.25, 0.3) is 11.6 Å². The number of fused-ring (bicyclic) bond motifs is 1. The van der Waals surface area contributed by atoms with Gasteiger partial charge in [-0.05, 0) is 57.1 Å². The van der Waals surface area contributed by atoms with E-state index in [9.17, 15) is 13.6 Å². The molecule has 1 saturated carbocycles. The molecule has 0 spiro atoms. The molecule has 7 nitrogen and oxygen atoms in total. The van der Waals surface area contributed by atoms with Gasteiger partial charge in [0.15, 0.2) is 6.61 Å². The number of amides is 1. The molecule has 0 aromatic carbocycles. The number of carbonyl (C=O) groups excluding carboxylic acids is 1. The van der Waals surface area contributed by atoms with Gasteiger partial charge in [-0.3, -0.25) is 14.8 Å². The van der Waals surface area contributed by atoms with E-state index in [1.54, 1.807) is 6.20 Å². The summed E-state index contributed by atoms with van der Waals surface area (Å²) in [5.74, 6) is 0.736. The van der Waals surface area contributed by atoms with Gasteiger partial charge in [-0.25, -0.2) is 13.8 Å². The first-order valence-electron chi connectivity index (χ1n) is 10.9. The number of thiazole rings is 1. The summed E-state index contributed by atoms with van der Waals surface area (Å²) in [6.45, 7) is 2.17. The number of rotatable bonds is 9. The highest BCUT2D eigenvalue weighted by Gasteiger charge is 2.25. The fourth-order valence-electron chi connectivity index (χ4n) is 4.41. The first-order chi connectivity index (χ1) is 15.0. The quantitative estimate of drug-likeness (QED) is 0.609. The zero-order valence-electron chi connectivity index (χ0n) is 17.5. The number of nitrogens with one attached hydrogen (secondary N) is 2. The molecule has 0 bridgehead atoms. The Bertz CT molecular complexity index is 837. The van der Waals surface area contributed by atoms with Crippen LogP contribution in [0.4, 0.5) is 8.78 Å². The van der Waals surface area contributed by atoms with Gasteiger partial charge in [-0.2, -0.15) is 5.10 Å². The van der Waals surface area contributed by atoms with E-state index in [0.717, 1.165) is 74.4 Å². The lowest BCUT2D eigenvalue weighted by Crippen LogP contribution is -2.39. The van der Waals surface area contributed by atoms with Gasteiger partial charge in [0.1, 0.15) is 0 Å². The molecule has 3 heterocycles. The number of hydrogen-bond donors (Lipinski definition) is 2. The minimum Gasteiger partial charge on any atom is -0.464 e. The lowest BCUT2D eigenvalue weighted by molar-refractivity contribution is -0.121. The highest BCUT2D eigenvalue weighted by Crippen LogP contribution is 2.31. The molecular formula is C21H29F2N5O2S. The number of halogens is 2. The van der Waals surface area contributed by atoms with Crippen LogP contribution in [-0.4, -0.2) is 58.2 Å². The van der Waals surface area contributed by atoms with Crippen LogP contribution in [0.1, 0.15) is 48.4 Å². The van der Waals surface area contributed by atoms with Gasteiger partial charge in [0.2, 0.25) is 5.91 Å². The molecule has 0 radical (unpaired) electrons. The predicted molar refractivity (Wildman–Crippen MR) is 113 cm³/mol. The SMILES string of the molecule is O=C(Cc1ccn[nH]1)N[C@H]1CC[C@H](CCN2CCc3sc(OCC(F)F)nc3C2)CC1. The van der Waals surface area contributed by atoms with Crippen molar-refractivity contribution in [2.75, 3.05) is 19.7 Å². The van der Waals surface area contributed by atoms with Crippen molar-refractivity contribution in [1.82, 2.24) is 25.4 Å². The van der Waals surface area contributed by atoms with Crippen LogP contribution in [0.2, 0.25) is 0 Å². The summed E-state index contributed by atoms with van der Waals surface area (Å²) in [5.41, 5.74) is 1.81. The number of nitrogens with zero attached hydrogens (tertiary/aromatic N) is 3. The molecule has 2 aromatic rings. The summed E-state index contributed by atoms with van der Waals surface area (Å²) in [5, 5.41) is 10.2. The third-order valence-corrected chi connectivity index (χ3v) is 7.16. The first-order valence-corrected chi connectivity index (χ1v) is 11.8. The molecule has 1 fully saturated rings. The standard InChI is InChI=1S/C21H29F2N5O2S/c22-19(23)13-30-21-26-17-12-28(10-7-18(17)31-21)9-6-14-1-3-15(4-2-14)25-20(29)11-16-5-8-24-27-16/h5,8,14-15,19H,1-4,6-7,9-13H2,(H,24,27)(H,25,29)/t14-,15-. The molecule has 0 unspecified atom stereocenters. The minimum absolute atomic E-state index is 0.0528. The van der Waals surface area contributed by atoms with Gasteiger partial charge in [0, 0.05) is 35.9 Å². The van der Waals surface area contributed by atoms with E-state index in [4.69, 9.17) is 4.74 Å². The Kier molecular flexibility index (Phi) is 7.49. The maximum Gasteiger partial charge on any atom is 0.273 e. The van der Waals surface area contributed by atoms with Crippen LogP contribution in [0, 0.1) is 5.92 Å². The zero-order valence-corrected chi connectivity index (χ0v) is 18.3. The molecule has 4 rings (SSSR count). The van der Waals surface area contributed by atoms with Crippen LogP contribution in [0.25, 0.3) is 0 Å². The Hall–Kier alpha value is -2.07. The molecule has 1 amide bonds. The number of H-pyrrole nitrogens is 1. The number of alkyl halides is 2. The van der Waals surface area contributed by atoms with Gasteiger partial charge < -0.3 is 10.1 Å². The lowest BCUT2D eigenvalue weighted by Gasteiger charge is -2.32. The monoisotopic (exact) mass is 453 g/mol. The second kappa shape index (κ2) is 10.5. The molecule has 2 aliphatic rings. The van der Waals surface area contributed by atoms with Crippen LogP contribution in [0.3, 0.4) is 0 Å². The average molecular weight is 454 g/mol. The smallest absolute Gasteiger partial charge is 0.273 e. The Morgan fingerprint density at radius 2 is 2.19 bits per heavy atom. The Balaban J connectivity index is 1.15. The average Bonchev–Trinajstić information content (AvgIpc) is 3.40. The second-order valence-electron chi connectivity index (χ2n) is 8.41. The van der Waals surface area contributed by atoms with Crippen molar-refractivity contribution in [3.8, 4) is 5.19 Å². The van der Waals surface area contributed by atoms with Crippen LogP contribution >= 0.6 is 11.3 Å². The van der Waals surface area contributed by atoms with Crippen molar-refractivity contribution in [1.29, 1.82) is 0 Å². The van der Waals surface area contributed by atoms with Crippen molar-refractivity contribution in [3.63, 3.8) is 0 Å². The van der Waals surface area contributed by atoms with Gasteiger partial charge in [0.05, 0.1) is 12.1 Å². The summed E-state index contributed by atoms with van der Waals surface area (Å²) in [4.78, 5) is 20.1. The fourth-order valence-corrected chi connectivity index (χ4v) is 5.33. The molecule has 0 atom stereocenters. The first kappa shape index (κ1) is 22.1. The molecule has 170 valence electrons. The van der Waals surface area contributed by atoms with Gasteiger partial charge >= 0.3 is 0 Å². The molecule has 2 N–H and O–H groups in total. The highest BCUT2D eigenvalue weighted by atomic mass is 32.1. The van der Waals surface area contributed by atoms with Crippen LogP contribution in [0.5, 0.6) is 5.19 Å². The fraction of sp³-hybridized carbons (Fsp3) is 0.667. The predicted octanol–water partition coefficient (Wildman–Crippen LogP) is 3.18. The zero-order chi connectivity index (χ0) is 21.6. The van der Waals surface area contributed by atoms with Crippen LogP contribution in [0.15, 0.2) is 12.3 Å². The third-order valence-electron chi connectivity index (χ3n) is 6.09. The minimum atomic E-state index is -2.47. The maximum atomic E-state index is 12.3. The Morgan fingerprint density at radius 3 is 2.94 bits per heavy atom. The van der Waals surface area contributed by atoms with Crippen molar-refractivity contribution in [2.45, 2.75) is 64.0 Å².